The fraction of sp³-hybridized carbons (Fsp3) is 0.312. The molecule has 0 spiro atoms. The Kier molecular flexibility index (Phi) is 5.27. The minimum atomic E-state index is -4.18. The van der Waals surface area contributed by atoms with Crippen LogP contribution in [0.15, 0.2) is 35.2 Å². The fourth-order valence-electron chi connectivity index (χ4n) is 2.30. The minimum Gasteiger partial charge on any atom is -0.491 e. The number of ether oxygens (including phenoxy) is 1. The van der Waals surface area contributed by atoms with Gasteiger partial charge in [0.1, 0.15) is 11.6 Å². The zero-order valence-electron chi connectivity index (χ0n) is 14.3. The second-order valence-corrected chi connectivity index (χ2v) is 7.48. The number of nitrogens with zero attached hydrogens (tertiary/aromatic N) is 2. The molecule has 0 atom stereocenters. The summed E-state index contributed by atoms with van der Waals surface area (Å²) in [5.74, 6) is 0.333. The molecule has 0 amide bonds. The molecule has 1 aromatic carbocycles. The van der Waals surface area contributed by atoms with Gasteiger partial charge < -0.3 is 4.74 Å². The van der Waals surface area contributed by atoms with E-state index >= 15 is 0 Å². The van der Waals surface area contributed by atoms with Crippen molar-refractivity contribution in [3.05, 3.63) is 51.7 Å². The minimum absolute atomic E-state index is 0.106. The van der Waals surface area contributed by atoms with Gasteiger partial charge in [-0.1, -0.05) is 0 Å². The normalized spacial score (nSPS) is 11.4. The molecule has 0 saturated heterocycles. The van der Waals surface area contributed by atoms with Crippen LogP contribution in [0.2, 0.25) is 0 Å². The van der Waals surface area contributed by atoms with Crippen LogP contribution in [0, 0.1) is 24.0 Å². The molecule has 0 unspecified atom stereocenters. The third kappa shape index (κ3) is 4.66. The van der Waals surface area contributed by atoms with Gasteiger partial charge in [-0.2, -0.15) is 0 Å². The monoisotopic (exact) mass is 365 g/mol. The Bertz CT molecular complexity index is 890. The summed E-state index contributed by atoms with van der Waals surface area (Å²) >= 11 is 0. The molecule has 2 rings (SSSR count). The Morgan fingerprint density at radius 3 is 2.44 bits per heavy atom. The van der Waals surface area contributed by atoms with Crippen LogP contribution in [0.25, 0.3) is 0 Å². The highest BCUT2D eigenvalue weighted by Gasteiger charge is 2.27. The van der Waals surface area contributed by atoms with E-state index in [1.54, 1.807) is 39.8 Å². The van der Waals surface area contributed by atoms with E-state index in [1.165, 1.54) is 6.07 Å². The second-order valence-electron chi connectivity index (χ2n) is 5.83. The molecule has 9 heteroatoms. The van der Waals surface area contributed by atoms with Crippen molar-refractivity contribution in [3.8, 4) is 5.75 Å². The molecule has 0 radical (unpaired) electrons. The van der Waals surface area contributed by atoms with Crippen LogP contribution in [-0.2, 0) is 10.0 Å². The van der Waals surface area contributed by atoms with Gasteiger partial charge in [0.2, 0.25) is 0 Å². The van der Waals surface area contributed by atoms with Crippen LogP contribution >= 0.6 is 0 Å². The van der Waals surface area contributed by atoms with E-state index in [4.69, 9.17) is 4.74 Å². The molecule has 1 aromatic heterocycles. The average molecular weight is 365 g/mol. The smallest absolute Gasteiger partial charge is 0.293 e. The van der Waals surface area contributed by atoms with E-state index in [9.17, 15) is 18.5 Å². The summed E-state index contributed by atoms with van der Waals surface area (Å²) in [6.07, 6.45) is -0.195. The van der Waals surface area contributed by atoms with Crippen LogP contribution in [0.5, 0.6) is 5.75 Å². The Hall–Kier alpha value is -2.68. The quantitative estimate of drug-likeness (QED) is 0.621. The maximum absolute atomic E-state index is 12.6. The standard InChI is InChI=1S/C16H19N3O5S/c1-10(2)24-13-5-6-15(14(9-13)19(20)21)25(22,23)18-16-8-11(3)7-12(4)17-16/h5-10H,1-4H3,(H,17,18). The topological polar surface area (TPSA) is 111 Å². The van der Waals surface area contributed by atoms with Crippen molar-refractivity contribution in [2.24, 2.45) is 0 Å². The summed E-state index contributed by atoms with van der Waals surface area (Å²) in [4.78, 5) is 14.2. The number of hydrogen-bond donors (Lipinski definition) is 1. The van der Waals surface area contributed by atoms with Gasteiger partial charge in [0.05, 0.1) is 17.1 Å². The first-order valence-corrected chi connectivity index (χ1v) is 9.00. The van der Waals surface area contributed by atoms with Gasteiger partial charge in [-0.05, 0) is 57.5 Å². The van der Waals surface area contributed by atoms with Crippen molar-refractivity contribution in [1.82, 2.24) is 4.98 Å². The molecule has 1 N–H and O–H groups in total. The van der Waals surface area contributed by atoms with Crippen molar-refractivity contribution in [1.29, 1.82) is 0 Å². The number of rotatable bonds is 6. The molecule has 2 aromatic rings. The number of aromatic nitrogens is 1. The van der Waals surface area contributed by atoms with Gasteiger partial charge >= 0.3 is 0 Å². The fourth-order valence-corrected chi connectivity index (χ4v) is 3.44. The molecule has 25 heavy (non-hydrogen) atoms. The zero-order valence-corrected chi connectivity index (χ0v) is 15.1. The van der Waals surface area contributed by atoms with Crippen molar-refractivity contribution in [2.45, 2.75) is 38.7 Å². The predicted molar refractivity (Wildman–Crippen MR) is 93.4 cm³/mol. The number of pyridine rings is 1. The Morgan fingerprint density at radius 1 is 1.20 bits per heavy atom. The highest BCUT2D eigenvalue weighted by atomic mass is 32.2. The lowest BCUT2D eigenvalue weighted by molar-refractivity contribution is -0.387. The lowest BCUT2D eigenvalue weighted by Gasteiger charge is -2.12. The van der Waals surface area contributed by atoms with Crippen LogP contribution < -0.4 is 9.46 Å². The number of nitrogens with one attached hydrogen (secondary N) is 1. The third-order valence-corrected chi connectivity index (χ3v) is 4.53. The second kappa shape index (κ2) is 7.06. The van der Waals surface area contributed by atoms with Crippen LogP contribution in [0.4, 0.5) is 11.5 Å². The molecule has 1 heterocycles. The van der Waals surface area contributed by atoms with Crippen molar-refractivity contribution < 1.29 is 18.1 Å². The van der Waals surface area contributed by atoms with Crippen LogP contribution in [0.3, 0.4) is 0 Å². The van der Waals surface area contributed by atoms with Crippen molar-refractivity contribution >= 4 is 21.5 Å². The molecular weight excluding hydrogens is 346 g/mol. The van der Waals surface area contributed by atoms with E-state index in [0.29, 0.717) is 5.69 Å². The number of anilines is 1. The van der Waals surface area contributed by atoms with Crippen LogP contribution in [-0.4, -0.2) is 24.4 Å². The third-order valence-electron chi connectivity index (χ3n) is 3.13. The van der Waals surface area contributed by atoms with E-state index in [1.807, 2.05) is 0 Å². The molecule has 0 aliphatic rings. The molecule has 0 fully saturated rings. The number of nitro groups is 1. The first-order chi connectivity index (χ1) is 11.6. The zero-order chi connectivity index (χ0) is 18.8. The summed E-state index contributed by atoms with van der Waals surface area (Å²) in [6, 6.07) is 6.98. The molecular formula is C16H19N3O5S. The van der Waals surface area contributed by atoms with Crippen LogP contribution in [0.1, 0.15) is 25.1 Å². The first-order valence-electron chi connectivity index (χ1n) is 7.51. The lowest BCUT2D eigenvalue weighted by Crippen LogP contribution is -2.16. The van der Waals surface area contributed by atoms with E-state index in [2.05, 4.69) is 9.71 Å². The number of sulfonamides is 1. The number of benzene rings is 1. The summed E-state index contributed by atoms with van der Waals surface area (Å²) in [7, 11) is -4.18. The Morgan fingerprint density at radius 2 is 1.88 bits per heavy atom. The van der Waals surface area contributed by atoms with Gasteiger partial charge in [-0.3, -0.25) is 14.8 Å². The largest absolute Gasteiger partial charge is 0.491 e. The SMILES string of the molecule is Cc1cc(C)nc(NS(=O)(=O)c2ccc(OC(C)C)cc2[N+](=O)[O-])c1. The number of aryl methyl sites for hydroxylation is 2. The van der Waals surface area contributed by atoms with E-state index in [0.717, 1.165) is 17.7 Å². The van der Waals surface area contributed by atoms with Crippen molar-refractivity contribution in [3.63, 3.8) is 0 Å². The molecule has 0 bridgehead atoms. The Labute approximate surface area is 146 Å². The van der Waals surface area contributed by atoms with E-state index in [-0.39, 0.29) is 17.7 Å². The summed E-state index contributed by atoms with van der Waals surface area (Å²) < 4.78 is 32.9. The van der Waals surface area contributed by atoms with Gasteiger partial charge in [0, 0.05) is 5.69 Å². The average Bonchev–Trinajstić information content (AvgIpc) is 2.44. The summed E-state index contributed by atoms with van der Waals surface area (Å²) in [6.45, 7) is 7.06. The molecule has 134 valence electrons. The molecule has 0 aliphatic heterocycles. The molecule has 0 saturated carbocycles. The van der Waals surface area contributed by atoms with E-state index < -0.39 is 25.5 Å². The maximum atomic E-state index is 12.6. The lowest BCUT2D eigenvalue weighted by atomic mass is 10.2. The highest BCUT2D eigenvalue weighted by Crippen LogP contribution is 2.30. The predicted octanol–water partition coefficient (Wildman–Crippen LogP) is 3.19. The summed E-state index contributed by atoms with van der Waals surface area (Å²) in [5.41, 5.74) is 0.892. The molecule has 0 aliphatic carbocycles. The van der Waals surface area contributed by atoms with Gasteiger partial charge in [-0.15, -0.1) is 0 Å². The highest BCUT2D eigenvalue weighted by molar-refractivity contribution is 7.92. The number of hydrogen-bond acceptors (Lipinski definition) is 6. The summed E-state index contributed by atoms with van der Waals surface area (Å²) in [5, 5.41) is 11.3. The van der Waals surface area contributed by atoms with Crippen molar-refractivity contribution in [2.75, 3.05) is 4.72 Å². The first kappa shape index (κ1) is 18.7. The number of nitro benzene ring substituents is 1. The maximum Gasteiger partial charge on any atom is 0.293 e. The van der Waals surface area contributed by atoms with Gasteiger partial charge in [0.15, 0.2) is 4.90 Å². The van der Waals surface area contributed by atoms with Gasteiger partial charge in [-0.25, -0.2) is 13.4 Å². The Balaban J connectivity index is 2.45. The molecule has 8 nitrogen and oxygen atoms in total. The van der Waals surface area contributed by atoms with Gasteiger partial charge in [0.25, 0.3) is 15.7 Å².